The number of halogens is 1. The van der Waals surface area contributed by atoms with Crippen LogP contribution in [0.5, 0.6) is 0 Å². The van der Waals surface area contributed by atoms with Crippen LogP contribution in [0.1, 0.15) is 30.3 Å². The van der Waals surface area contributed by atoms with Crippen molar-refractivity contribution in [1.82, 2.24) is 20.4 Å². The average Bonchev–Trinajstić information content (AvgIpc) is 2.53. The van der Waals surface area contributed by atoms with Gasteiger partial charge in [0.05, 0.1) is 6.42 Å². The zero-order valence-corrected chi connectivity index (χ0v) is 13.4. The number of aromatic nitrogens is 4. The Labute approximate surface area is 136 Å². The van der Waals surface area contributed by atoms with Crippen LogP contribution < -0.4 is 5.73 Å². The molecule has 1 atom stereocenters. The summed E-state index contributed by atoms with van der Waals surface area (Å²) < 4.78 is 0. The first-order valence-electron chi connectivity index (χ1n) is 6.80. The average molecular weight is 366 g/mol. The summed E-state index contributed by atoms with van der Waals surface area (Å²) in [5, 5.41) is 25.8. The SMILES string of the molecule is NC(CC(=O)O)c1ccc(-c2nnc(CCCBr)nn2)cc1. The van der Waals surface area contributed by atoms with Crippen molar-refractivity contribution in [2.75, 3.05) is 5.33 Å². The van der Waals surface area contributed by atoms with Crippen molar-refractivity contribution in [1.29, 1.82) is 0 Å². The molecule has 0 saturated heterocycles. The van der Waals surface area contributed by atoms with Gasteiger partial charge in [-0.05, 0) is 12.0 Å². The molecular formula is C14H16BrN5O2. The minimum Gasteiger partial charge on any atom is -0.481 e. The molecule has 2 aromatic rings. The third-order valence-electron chi connectivity index (χ3n) is 3.05. The van der Waals surface area contributed by atoms with Gasteiger partial charge in [-0.25, -0.2) is 0 Å². The van der Waals surface area contributed by atoms with Gasteiger partial charge in [-0.3, -0.25) is 4.79 Å². The zero-order valence-electron chi connectivity index (χ0n) is 11.8. The molecule has 0 aliphatic heterocycles. The third-order valence-corrected chi connectivity index (χ3v) is 3.61. The van der Waals surface area contributed by atoms with Crippen molar-refractivity contribution in [3.8, 4) is 11.4 Å². The summed E-state index contributed by atoms with van der Waals surface area (Å²) in [6.07, 6.45) is 1.55. The van der Waals surface area contributed by atoms with E-state index in [0.717, 1.165) is 29.3 Å². The number of hydrogen-bond donors (Lipinski definition) is 2. The van der Waals surface area contributed by atoms with Gasteiger partial charge in [-0.15, -0.1) is 20.4 Å². The number of hydrogen-bond acceptors (Lipinski definition) is 6. The second-order valence-corrected chi connectivity index (χ2v) is 5.55. The molecule has 1 aromatic heterocycles. The maximum atomic E-state index is 10.7. The fourth-order valence-electron chi connectivity index (χ4n) is 1.88. The molecule has 1 unspecified atom stereocenters. The molecule has 0 fully saturated rings. The lowest BCUT2D eigenvalue weighted by molar-refractivity contribution is -0.137. The van der Waals surface area contributed by atoms with E-state index in [0.29, 0.717) is 11.6 Å². The number of nitrogens with zero attached hydrogens (tertiary/aromatic N) is 4. The van der Waals surface area contributed by atoms with Gasteiger partial charge < -0.3 is 10.8 Å². The van der Waals surface area contributed by atoms with Crippen LogP contribution in [0.25, 0.3) is 11.4 Å². The van der Waals surface area contributed by atoms with Crippen molar-refractivity contribution in [2.45, 2.75) is 25.3 Å². The Balaban J connectivity index is 2.08. The minimum atomic E-state index is -0.924. The number of benzene rings is 1. The molecule has 22 heavy (non-hydrogen) atoms. The summed E-state index contributed by atoms with van der Waals surface area (Å²) in [5.74, 6) is 0.122. The second kappa shape index (κ2) is 7.90. The molecule has 7 nitrogen and oxygen atoms in total. The Bertz CT molecular complexity index is 618. The van der Waals surface area contributed by atoms with E-state index in [4.69, 9.17) is 10.8 Å². The molecule has 1 heterocycles. The number of carboxylic acid groups (broad SMARTS) is 1. The summed E-state index contributed by atoms with van der Waals surface area (Å²) in [4.78, 5) is 10.7. The lowest BCUT2D eigenvalue weighted by Crippen LogP contribution is -2.14. The normalized spacial score (nSPS) is 12.1. The van der Waals surface area contributed by atoms with Crippen LogP contribution >= 0.6 is 15.9 Å². The summed E-state index contributed by atoms with van der Waals surface area (Å²) in [6.45, 7) is 0. The van der Waals surface area contributed by atoms with E-state index in [1.54, 1.807) is 24.3 Å². The van der Waals surface area contributed by atoms with Crippen LogP contribution in [0.2, 0.25) is 0 Å². The molecule has 0 saturated carbocycles. The van der Waals surface area contributed by atoms with E-state index in [-0.39, 0.29) is 6.42 Å². The fraction of sp³-hybridized carbons (Fsp3) is 0.357. The highest BCUT2D eigenvalue weighted by Crippen LogP contribution is 2.19. The Morgan fingerprint density at radius 2 is 1.82 bits per heavy atom. The molecule has 0 aliphatic carbocycles. The molecule has 1 aromatic carbocycles. The van der Waals surface area contributed by atoms with Crippen molar-refractivity contribution in [3.05, 3.63) is 35.7 Å². The minimum absolute atomic E-state index is 0.110. The largest absolute Gasteiger partial charge is 0.481 e. The smallest absolute Gasteiger partial charge is 0.305 e. The van der Waals surface area contributed by atoms with Crippen molar-refractivity contribution in [2.24, 2.45) is 5.73 Å². The number of carbonyl (C=O) groups is 1. The number of aliphatic carboxylic acids is 1. The first-order valence-corrected chi connectivity index (χ1v) is 7.92. The molecule has 116 valence electrons. The van der Waals surface area contributed by atoms with Gasteiger partial charge in [-0.1, -0.05) is 40.2 Å². The highest BCUT2D eigenvalue weighted by molar-refractivity contribution is 9.09. The Morgan fingerprint density at radius 1 is 1.18 bits per heavy atom. The monoisotopic (exact) mass is 365 g/mol. The van der Waals surface area contributed by atoms with E-state index in [9.17, 15) is 4.79 Å². The predicted molar refractivity (Wildman–Crippen MR) is 84.4 cm³/mol. The maximum Gasteiger partial charge on any atom is 0.305 e. The maximum absolute atomic E-state index is 10.7. The van der Waals surface area contributed by atoms with Crippen molar-refractivity contribution in [3.63, 3.8) is 0 Å². The Hall–Kier alpha value is -1.93. The van der Waals surface area contributed by atoms with E-state index in [2.05, 4.69) is 36.3 Å². The lowest BCUT2D eigenvalue weighted by atomic mass is 10.0. The van der Waals surface area contributed by atoms with Gasteiger partial charge >= 0.3 is 5.97 Å². The topological polar surface area (TPSA) is 115 Å². The highest BCUT2D eigenvalue weighted by Gasteiger charge is 2.11. The predicted octanol–water partition coefficient (Wildman–Crippen LogP) is 1.74. The van der Waals surface area contributed by atoms with Crippen LogP contribution in [0.3, 0.4) is 0 Å². The van der Waals surface area contributed by atoms with Crippen LogP contribution in [0.4, 0.5) is 0 Å². The summed E-state index contributed by atoms with van der Waals surface area (Å²) in [7, 11) is 0. The molecule has 0 bridgehead atoms. The van der Waals surface area contributed by atoms with Crippen LogP contribution in [-0.2, 0) is 11.2 Å². The second-order valence-electron chi connectivity index (χ2n) is 4.76. The lowest BCUT2D eigenvalue weighted by Gasteiger charge is -2.09. The molecule has 0 spiro atoms. The van der Waals surface area contributed by atoms with E-state index in [1.807, 2.05) is 0 Å². The number of nitrogens with two attached hydrogens (primary N) is 1. The van der Waals surface area contributed by atoms with Gasteiger partial charge in [0, 0.05) is 23.4 Å². The standard InChI is InChI=1S/C14H16BrN5O2/c15-7-1-2-12-17-19-14(20-18-12)10-5-3-9(4-6-10)11(16)8-13(21)22/h3-6,11H,1-2,7-8,16H2,(H,21,22). The van der Waals surface area contributed by atoms with E-state index < -0.39 is 12.0 Å². The van der Waals surface area contributed by atoms with Crippen LogP contribution in [0, 0.1) is 0 Å². The first-order chi connectivity index (χ1) is 10.6. The number of rotatable bonds is 7. The highest BCUT2D eigenvalue weighted by atomic mass is 79.9. The zero-order chi connectivity index (χ0) is 15.9. The fourth-order valence-corrected chi connectivity index (χ4v) is 2.16. The Kier molecular flexibility index (Phi) is 5.91. The van der Waals surface area contributed by atoms with Gasteiger partial charge in [0.2, 0.25) is 5.82 Å². The van der Waals surface area contributed by atoms with Crippen molar-refractivity contribution >= 4 is 21.9 Å². The number of carboxylic acids is 1. The summed E-state index contributed by atoms with van der Waals surface area (Å²) >= 11 is 3.35. The first kappa shape index (κ1) is 16.4. The van der Waals surface area contributed by atoms with Gasteiger partial charge in [0.15, 0.2) is 5.82 Å². The quantitative estimate of drug-likeness (QED) is 0.717. The molecule has 2 rings (SSSR count). The molecule has 8 heteroatoms. The van der Waals surface area contributed by atoms with Gasteiger partial charge in [-0.2, -0.15) is 0 Å². The molecule has 3 N–H and O–H groups in total. The molecule has 0 radical (unpaired) electrons. The Morgan fingerprint density at radius 3 is 2.36 bits per heavy atom. The van der Waals surface area contributed by atoms with Crippen molar-refractivity contribution < 1.29 is 9.90 Å². The van der Waals surface area contributed by atoms with Crippen LogP contribution in [-0.4, -0.2) is 36.8 Å². The van der Waals surface area contributed by atoms with Crippen LogP contribution in [0.15, 0.2) is 24.3 Å². The van der Waals surface area contributed by atoms with Gasteiger partial charge in [0.25, 0.3) is 0 Å². The van der Waals surface area contributed by atoms with Gasteiger partial charge in [0.1, 0.15) is 0 Å². The van der Waals surface area contributed by atoms with E-state index >= 15 is 0 Å². The third kappa shape index (κ3) is 4.54. The summed E-state index contributed by atoms with van der Waals surface area (Å²) in [6, 6.07) is 6.58. The summed E-state index contributed by atoms with van der Waals surface area (Å²) in [5.41, 5.74) is 7.32. The van der Waals surface area contributed by atoms with E-state index in [1.165, 1.54) is 0 Å². The number of aryl methyl sites for hydroxylation is 1. The molecule has 0 aliphatic rings. The molecule has 0 amide bonds. The molecular weight excluding hydrogens is 350 g/mol. The number of alkyl halides is 1.